The number of aromatic nitrogens is 1. The van der Waals surface area contributed by atoms with E-state index in [0.717, 1.165) is 18.7 Å². The van der Waals surface area contributed by atoms with Gasteiger partial charge < -0.3 is 5.32 Å². The third-order valence-corrected chi connectivity index (χ3v) is 4.26. The van der Waals surface area contributed by atoms with Gasteiger partial charge in [0.1, 0.15) is 0 Å². The Balaban J connectivity index is 1.84. The van der Waals surface area contributed by atoms with Crippen LogP contribution in [0.4, 0.5) is 0 Å². The van der Waals surface area contributed by atoms with Gasteiger partial charge in [0.2, 0.25) is 0 Å². The van der Waals surface area contributed by atoms with E-state index in [1.54, 1.807) is 11.3 Å². The summed E-state index contributed by atoms with van der Waals surface area (Å²) >= 11 is 1.78. The molecule has 2 rings (SSSR count). The largest absolute Gasteiger partial charge is 0.314 e. The van der Waals surface area contributed by atoms with Crippen LogP contribution < -0.4 is 5.32 Å². The molecule has 0 spiro atoms. The molecule has 1 atom stereocenters. The van der Waals surface area contributed by atoms with Crippen molar-refractivity contribution in [1.29, 1.82) is 0 Å². The highest BCUT2D eigenvalue weighted by atomic mass is 32.1. The summed E-state index contributed by atoms with van der Waals surface area (Å²) in [6.07, 6.45) is 2.28. The fourth-order valence-electron chi connectivity index (χ4n) is 2.08. The molecule has 0 radical (unpaired) electrons. The SMILES string of the molecule is CC(CCc1nc(-c2ccccc2)cs1)CNC(C)C. The van der Waals surface area contributed by atoms with Crippen molar-refractivity contribution in [3.63, 3.8) is 0 Å². The number of hydrogen-bond donors (Lipinski definition) is 1. The van der Waals surface area contributed by atoms with Crippen molar-refractivity contribution in [2.24, 2.45) is 5.92 Å². The Morgan fingerprint density at radius 3 is 2.60 bits per heavy atom. The molecule has 108 valence electrons. The Hall–Kier alpha value is -1.19. The fraction of sp³-hybridized carbons (Fsp3) is 0.471. The highest BCUT2D eigenvalue weighted by Crippen LogP contribution is 2.22. The minimum atomic E-state index is 0.571. The van der Waals surface area contributed by atoms with E-state index in [2.05, 4.69) is 55.7 Å². The molecule has 0 amide bonds. The van der Waals surface area contributed by atoms with Crippen LogP contribution in [-0.2, 0) is 6.42 Å². The van der Waals surface area contributed by atoms with Gasteiger partial charge in [0.05, 0.1) is 10.7 Å². The average molecular weight is 288 g/mol. The van der Waals surface area contributed by atoms with E-state index in [4.69, 9.17) is 4.98 Å². The molecule has 3 heteroatoms. The maximum atomic E-state index is 4.75. The van der Waals surface area contributed by atoms with E-state index >= 15 is 0 Å². The summed E-state index contributed by atoms with van der Waals surface area (Å²) in [7, 11) is 0. The minimum Gasteiger partial charge on any atom is -0.314 e. The second kappa shape index (κ2) is 7.55. The van der Waals surface area contributed by atoms with Crippen LogP contribution in [0.1, 0.15) is 32.2 Å². The molecule has 1 aromatic heterocycles. The molecule has 1 N–H and O–H groups in total. The quantitative estimate of drug-likeness (QED) is 0.818. The fourth-order valence-corrected chi connectivity index (χ4v) is 2.90. The summed E-state index contributed by atoms with van der Waals surface area (Å²) in [5.41, 5.74) is 2.32. The number of thiazole rings is 1. The summed E-state index contributed by atoms with van der Waals surface area (Å²) < 4.78 is 0. The number of hydrogen-bond acceptors (Lipinski definition) is 3. The Kier molecular flexibility index (Phi) is 5.74. The van der Waals surface area contributed by atoms with Gasteiger partial charge in [-0.05, 0) is 25.3 Å². The highest BCUT2D eigenvalue weighted by molar-refractivity contribution is 7.09. The lowest BCUT2D eigenvalue weighted by Gasteiger charge is -2.13. The Morgan fingerprint density at radius 1 is 1.15 bits per heavy atom. The lowest BCUT2D eigenvalue weighted by molar-refractivity contribution is 0.453. The van der Waals surface area contributed by atoms with Gasteiger partial charge in [-0.25, -0.2) is 4.98 Å². The molecule has 20 heavy (non-hydrogen) atoms. The zero-order valence-electron chi connectivity index (χ0n) is 12.6. The molecule has 0 aliphatic heterocycles. The molecule has 0 aliphatic rings. The molecule has 0 saturated heterocycles. The molecule has 0 bridgehead atoms. The summed E-state index contributed by atoms with van der Waals surface area (Å²) in [5.74, 6) is 0.696. The number of nitrogens with one attached hydrogen (secondary N) is 1. The molecule has 0 fully saturated rings. The van der Waals surface area contributed by atoms with Crippen molar-refractivity contribution in [1.82, 2.24) is 10.3 Å². The van der Waals surface area contributed by atoms with E-state index in [-0.39, 0.29) is 0 Å². The van der Waals surface area contributed by atoms with E-state index in [0.29, 0.717) is 12.0 Å². The lowest BCUT2D eigenvalue weighted by atomic mass is 10.1. The Morgan fingerprint density at radius 2 is 1.90 bits per heavy atom. The number of nitrogens with zero attached hydrogens (tertiary/aromatic N) is 1. The zero-order chi connectivity index (χ0) is 14.4. The van der Waals surface area contributed by atoms with Gasteiger partial charge in [-0.1, -0.05) is 51.1 Å². The monoisotopic (exact) mass is 288 g/mol. The first kappa shape index (κ1) is 15.2. The first-order valence-corrected chi connectivity index (χ1v) is 8.26. The van der Waals surface area contributed by atoms with Gasteiger partial charge in [-0.3, -0.25) is 0 Å². The van der Waals surface area contributed by atoms with Crippen molar-refractivity contribution in [2.75, 3.05) is 6.54 Å². The number of benzene rings is 1. The van der Waals surface area contributed by atoms with Crippen LogP contribution in [0.3, 0.4) is 0 Å². The smallest absolute Gasteiger partial charge is 0.0932 e. The second-order valence-corrected chi connectivity index (χ2v) is 6.64. The Labute approximate surface area is 126 Å². The molecule has 1 heterocycles. The standard InChI is InChI=1S/C17H24N2S/c1-13(2)18-11-14(3)9-10-17-19-16(12-20-17)15-7-5-4-6-8-15/h4-8,12-14,18H,9-11H2,1-3H3. The van der Waals surface area contributed by atoms with E-state index in [1.807, 2.05) is 6.07 Å². The number of rotatable bonds is 7. The predicted molar refractivity (Wildman–Crippen MR) is 88.2 cm³/mol. The van der Waals surface area contributed by atoms with Crippen LogP contribution in [0.25, 0.3) is 11.3 Å². The highest BCUT2D eigenvalue weighted by Gasteiger charge is 2.07. The summed E-state index contributed by atoms with van der Waals surface area (Å²) in [6, 6.07) is 11.0. The maximum Gasteiger partial charge on any atom is 0.0932 e. The first-order valence-electron chi connectivity index (χ1n) is 7.38. The Bertz CT molecular complexity index is 505. The third-order valence-electron chi connectivity index (χ3n) is 3.35. The summed E-state index contributed by atoms with van der Waals surface area (Å²) in [6.45, 7) is 7.79. The molecule has 0 aliphatic carbocycles. The average Bonchev–Trinajstić information content (AvgIpc) is 2.93. The van der Waals surface area contributed by atoms with Crippen LogP contribution in [-0.4, -0.2) is 17.6 Å². The van der Waals surface area contributed by atoms with Crippen LogP contribution >= 0.6 is 11.3 Å². The van der Waals surface area contributed by atoms with Crippen LogP contribution in [0.5, 0.6) is 0 Å². The number of aryl methyl sites for hydroxylation is 1. The normalized spacial score (nSPS) is 12.8. The van der Waals surface area contributed by atoms with Crippen molar-refractivity contribution in [3.8, 4) is 11.3 Å². The maximum absolute atomic E-state index is 4.75. The van der Waals surface area contributed by atoms with Crippen molar-refractivity contribution >= 4 is 11.3 Å². The minimum absolute atomic E-state index is 0.571. The van der Waals surface area contributed by atoms with E-state index in [1.165, 1.54) is 17.0 Å². The molecule has 1 aromatic carbocycles. The molecular formula is C17H24N2S. The van der Waals surface area contributed by atoms with E-state index in [9.17, 15) is 0 Å². The van der Waals surface area contributed by atoms with Crippen molar-refractivity contribution < 1.29 is 0 Å². The van der Waals surface area contributed by atoms with Gasteiger partial charge in [0, 0.05) is 17.0 Å². The van der Waals surface area contributed by atoms with Crippen LogP contribution in [0.15, 0.2) is 35.7 Å². The van der Waals surface area contributed by atoms with Crippen LogP contribution in [0, 0.1) is 5.92 Å². The molecule has 2 aromatic rings. The van der Waals surface area contributed by atoms with Gasteiger partial charge in [-0.2, -0.15) is 0 Å². The van der Waals surface area contributed by atoms with Crippen molar-refractivity contribution in [2.45, 2.75) is 39.7 Å². The molecule has 2 nitrogen and oxygen atoms in total. The summed E-state index contributed by atoms with van der Waals surface area (Å²) in [5, 5.41) is 6.91. The van der Waals surface area contributed by atoms with Gasteiger partial charge >= 0.3 is 0 Å². The van der Waals surface area contributed by atoms with E-state index < -0.39 is 0 Å². The topological polar surface area (TPSA) is 24.9 Å². The molecular weight excluding hydrogens is 264 g/mol. The van der Waals surface area contributed by atoms with Gasteiger partial charge in [-0.15, -0.1) is 11.3 Å². The van der Waals surface area contributed by atoms with Gasteiger partial charge in [0.25, 0.3) is 0 Å². The summed E-state index contributed by atoms with van der Waals surface area (Å²) in [4.78, 5) is 4.75. The van der Waals surface area contributed by atoms with Gasteiger partial charge in [0.15, 0.2) is 0 Å². The lowest BCUT2D eigenvalue weighted by Crippen LogP contribution is -2.28. The van der Waals surface area contributed by atoms with Crippen molar-refractivity contribution in [3.05, 3.63) is 40.7 Å². The zero-order valence-corrected chi connectivity index (χ0v) is 13.4. The first-order chi connectivity index (χ1) is 9.65. The molecule has 1 unspecified atom stereocenters. The molecule has 0 saturated carbocycles. The predicted octanol–water partition coefficient (Wildman–Crippen LogP) is 4.38. The van der Waals surface area contributed by atoms with Crippen LogP contribution in [0.2, 0.25) is 0 Å². The second-order valence-electron chi connectivity index (χ2n) is 5.70. The third kappa shape index (κ3) is 4.73.